The average Bonchev–Trinajstić information content (AvgIpc) is 2.41. The van der Waals surface area contributed by atoms with Gasteiger partial charge in [0.05, 0.1) is 13.2 Å². The fraction of sp³-hybridized carbons (Fsp3) is 0.385. The van der Waals surface area contributed by atoms with Crippen molar-refractivity contribution < 1.29 is 19.4 Å². The second-order valence-electron chi connectivity index (χ2n) is 4.36. The molecule has 1 fully saturated rings. The molecule has 0 radical (unpaired) electrons. The molecule has 0 aliphatic carbocycles. The van der Waals surface area contributed by atoms with Gasteiger partial charge in [0.15, 0.2) is 6.10 Å². The first-order chi connectivity index (χ1) is 9.00. The standard InChI is InChI=1S/C13H14BrNO4/c1-8-9(3-2-4-10(8)14)12(16)15-5-6-19-11(7-15)13(17)18/h2-4,11H,5-7H2,1H3,(H,17,18). The Kier molecular flexibility index (Phi) is 4.21. The van der Waals surface area contributed by atoms with E-state index in [1.165, 1.54) is 4.90 Å². The van der Waals surface area contributed by atoms with E-state index in [2.05, 4.69) is 15.9 Å². The maximum atomic E-state index is 12.4. The van der Waals surface area contributed by atoms with Crippen molar-refractivity contribution in [1.29, 1.82) is 0 Å². The topological polar surface area (TPSA) is 66.8 Å². The number of carboxylic acids is 1. The Morgan fingerprint density at radius 1 is 1.47 bits per heavy atom. The average molecular weight is 328 g/mol. The van der Waals surface area contributed by atoms with Crippen LogP contribution in [0.1, 0.15) is 15.9 Å². The smallest absolute Gasteiger partial charge is 0.334 e. The van der Waals surface area contributed by atoms with E-state index in [4.69, 9.17) is 9.84 Å². The summed E-state index contributed by atoms with van der Waals surface area (Å²) in [5.74, 6) is -1.20. The lowest BCUT2D eigenvalue weighted by molar-refractivity contribution is -0.154. The zero-order valence-electron chi connectivity index (χ0n) is 10.4. The number of ether oxygens (including phenoxy) is 1. The van der Waals surface area contributed by atoms with Crippen molar-refractivity contribution in [2.45, 2.75) is 13.0 Å². The van der Waals surface area contributed by atoms with E-state index in [1.807, 2.05) is 13.0 Å². The molecular weight excluding hydrogens is 314 g/mol. The predicted molar refractivity (Wildman–Crippen MR) is 72.2 cm³/mol. The lowest BCUT2D eigenvalue weighted by Gasteiger charge is -2.31. The number of amides is 1. The number of hydrogen-bond acceptors (Lipinski definition) is 3. The summed E-state index contributed by atoms with van der Waals surface area (Å²) in [6.07, 6.45) is -0.940. The summed E-state index contributed by atoms with van der Waals surface area (Å²) in [6.45, 7) is 2.59. The van der Waals surface area contributed by atoms with E-state index >= 15 is 0 Å². The molecule has 0 saturated carbocycles. The highest BCUT2D eigenvalue weighted by atomic mass is 79.9. The van der Waals surface area contributed by atoms with Gasteiger partial charge in [-0.3, -0.25) is 4.79 Å². The van der Waals surface area contributed by atoms with Crippen LogP contribution in [-0.2, 0) is 9.53 Å². The quantitative estimate of drug-likeness (QED) is 0.897. The molecule has 1 aromatic carbocycles. The second kappa shape index (κ2) is 5.71. The number of aliphatic carboxylic acids is 1. The van der Waals surface area contributed by atoms with Crippen LogP contribution in [0.15, 0.2) is 22.7 Å². The summed E-state index contributed by atoms with van der Waals surface area (Å²) < 4.78 is 5.97. The van der Waals surface area contributed by atoms with Crippen molar-refractivity contribution >= 4 is 27.8 Å². The van der Waals surface area contributed by atoms with Crippen molar-refractivity contribution in [3.8, 4) is 0 Å². The van der Waals surface area contributed by atoms with Gasteiger partial charge in [-0.25, -0.2) is 4.79 Å². The van der Waals surface area contributed by atoms with Crippen LogP contribution in [0.3, 0.4) is 0 Å². The van der Waals surface area contributed by atoms with E-state index in [1.54, 1.807) is 12.1 Å². The zero-order chi connectivity index (χ0) is 14.0. The number of benzene rings is 1. The minimum atomic E-state index is -1.04. The third-order valence-corrected chi connectivity index (χ3v) is 3.99. The van der Waals surface area contributed by atoms with Crippen molar-refractivity contribution in [3.63, 3.8) is 0 Å². The van der Waals surface area contributed by atoms with E-state index in [0.717, 1.165) is 10.0 Å². The Morgan fingerprint density at radius 2 is 2.21 bits per heavy atom. The van der Waals surface area contributed by atoms with Crippen LogP contribution in [0.2, 0.25) is 0 Å². The van der Waals surface area contributed by atoms with Crippen LogP contribution in [0.4, 0.5) is 0 Å². The highest BCUT2D eigenvalue weighted by Crippen LogP contribution is 2.21. The minimum Gasteiger partial charge on any atom is -0.479 e. The molecule has 2 rings (SSSR count). The molecule has 1 aromatic rings. The largest absolute Gasteiger partial charge is 0.479 e. The van der Waals surface area contributed by atoms with Crippen molar-refractivity contribution in [3.05, 3.63) is 33.8 Å². The molecule has 0 bridgehead atoms. The van der Waals surface area contributed by atoms with Gasteiger partial charge in [-0.15, -0.1) is 0 Å². The van der Waals surface area contributed by atoms with Crippen LogP contribution in [-0.4, -0.2) is 47.7 Å². The Hall–Kier alpha value is -1.40. The van der Waals surface area contributed by atoms with E-state index < -0.39 is 12.1 Å². The normalized spacial score (nSPS) is 19.3. The molecule has 1 aliphatic heterocycles. The summed E-state index contributed by atoms with van der Waals surface area (Å²) in [6, 6.07) is 5.40. The number of halogens is 1. The fourth-order valence-electron chi connectivity index (χ4n) is 1.99. The third kappa shape index (κ3) is 2.96. The number of hydrogen-bond donors (Lipinski definition) is 1. The Labute approximate surface area is 119 Å². The van der Waals surface area contributed by atoms with Gasteiger partial charge in [0, 0.05) is 16.6 Å². The molecule has 5 nitrogen and oxygen atoms in total. The number of carbonyl (C=O) groups is 2. The predicted octanol–water partition coefficient (Wildman–Crippen LogP) is 1.68. The van der Waals surface area contributed by atoms with E-state index in [9.17, 15) is 9.59 Å². The molecule has 0 spiro atoms. The fourth-order valence-corrected chi connectivity index (χ4v) is 2.36. The minimum absolute atomic E-state index is 0.0835. The molecule has 1 atom stereocenters. The molecular formula is C13H14BrNO4. The van der Waals surface area contributed by atoms with Gasteiger partial charge >= 0.3 is 5.97 Å². The van der Waals surface area contributed by atoms with Gasteiger partial charge in [-0.1, -0.05) is 22.0 Å². The van der Waals surface area contributed by atoms with Gasteiger partial charge in [0.2, 0.25) is 0 Å². The summed E-state index contributed by atoms with van der Waals surface area (Å²) in [7, 11) is 0. The number of carboxylic acid groups (broad SMARTS) is 1. The lowest BCUT2D eigenvalue weighted by Crippen LogP contribution is -2.48. The SMILES string of the molecule is Cc1c(Br)cccc1C(=O)N1CCOC(C(=O)O)C1. The van der Waals surface area contributed by atoms with Crippen LogP contribution < -0.4 is 0 Å². The van der Waals surface area contributed by atoms with E-state index in [0.29, 0.717) is 12.1 Å². The first-order valence-corrected chi connectivity index (χ1v) is 6.69. The van der Waals surface area contributed by atoms with Crippen LogP contribution in [0.5, 0.6) is 0 Å². The van der Waals surface area contributed by atoms with Crippen molar-refractivity contribution in [2.75, 3.05) is 19.7 Å². The van der Waals surface area contributed by atoms with Crippen LogP contribution >= 0.6 is 15.9 Å². The summed E-state index contributed by atoms with van der Waals surface area (Å²) in [5, 5.41) is 8.94. The molecule has 6 heteroatoms. The molecule has 19 heavy (non-hydrogen) atoms. The first-order valence-electron chi connectivity index (χ1n) is 5.89. The molecule has 102 valence electrons. The van der Waals surface area contributed by atoms with Gasteiger partial charge in [0.25, 0.3) is 5.91 Å². The molecule has 1 N–H and O–H groups in total. The van der Waals surface area contributed by atoms with Gasteiger partial charge < -0.3 is 14.7 Å². The summed E-state index contributed by atoms with van der Waals surface area (Å²) in [5.41, 5.74) is 1.44. The van der Waals surface area contributed by atoms with Gasteiger partial charge in [-0.05, 0) is 24.6 Å². The number of rotatable bonds is 2. The molecule has 1 heterocycles. The molecule has 1 aliphatic rings. The Balaban J connectivity index is 2.19. The number of carbonyl (C=O) groups excluding carboxylic acids is 1. The number of nitrogens with zero attached hydrogens (tertiary/aromatic N) is 1. The second-order valence-corrected chi connectivity index (χ2v) is 5.22. The van der Waals surface area contributed by atoms with Gasteiger partial charge in [0.1, 0.15) is 0 Å². The maximum Gasteiger partial charge on any atom is 0.334 e. The maximum absolute atomic E-state index is 12.4. The zero-order valence-corrected chi connectivity index (χ0v) is 12.0. The van der Waals surface area contributed by atoms with Crippen LogP contribution in [0.25, 0.3) is 0 Å². The van der Waals surface area contributed by atoms with Crippen molar-refractivity contribution in [1.82, 2.24) is 4.90 Å². The lowest BCUT2D eigenvalue weighted by atomic mass is 10.1. The van der Waals surface area contributed by atoms with Crippen LogP contribution in [0, 0.1) is 6.92 Å². The Bertz CT molecular complexity index is 517. The van der Waals surface area contributed by atoms with E-state index in [-0.39, 0.29) is 19.1 Å². The molecule has 0 aromatic heterocycles. The first kappa shape index (κ1) is 14.0. The summed E-state index contributed by atoms with van der Waals surface area (Å²) >= 11 is 3.38. The number of morpholine rings is 1. The highest BCUT2D eigenvalue weighted by Gasteiger charge is 2.30. The summed E-state index contributed by atoms with van der Waals surface area (Å²) in [4.78, 5) is 24.8. The molecule has 1 unspecified atom stereocenters. The Morgan fingerprint density at radius 3 is 2.89 bits per heavy atom. The molecule has 1 amide bonds. The monoisotopic (exact) mass is 327 g/mol. The highest BCUT2D eigenvalue weighted by molar-refractivity contribution is 9.10. The van der Waals surface area contributed by atoms with Gasteiger partial charge in [-0.2, -0.15) is 0 Å². The third-order valence-electron chi connectivity index (χ3n) is 3.13. The molecule has 1 saturated heterocycles. The van der Waals surface area contributed by atoms with Crippen molar-refractivity contribution in [2.24, 2.45) is 0 Å².